The molecule has 1 aromatic heterocycles. The molecule has 2 heteroatoms. The number of rotatable bonds is 11. The summed E-state index contributed by atoms with van der Waals surface area (Å²) in [6.45, 7) is 4.40. The Hall–Kier alpha value is -1.70. The van der Waals surface area contributed by atoms with Crippen molar-refractivity contribution in [2.24, 2.45) is 5.92 Å². The topological polar surface area (TPSA) is 12.9 Å². The molecule has 164 valence electrons. The second-order valence-electron chi connectivity index (χ2n) is 9.32. The van der Waals surface area contributed by atoms with Crippen molar-refractivity contribution >= 4 is 0 Å². The van der Waals surface area contributed by atoms with Crippen LogP contribution in [0.25, 0.3) is 11.3 Å². The first-order chi connectivity index (χ1) is 14.7. The highest BCUT2D eigenvalue weighted by Gasteiger charge is 2.22. The lowest BCUT2D eigenvalue weighted by molar-refractivity contribution is 0.301. The van der Waals surface area contributed by atoms with Gasteiger partial charge in [-0.25, -0.2) is 4.39 Å². The summed E-state index contributed by atoms with van der Waals surface area (Å²) in [5, 5.41) is 0. The second kappa shape index (κ2) is 12.2. The fourth-order valence-corrected chi connectivity index (χ4v) is 5.01. The lowest BCUT2D eigenvalue weighted by Crippen LogP contribution is -2.13. The van der Waals surface area contributed by atoms with Crippen LogP contribution in [0, 0.1) is 11.7 Å². The Labute approximate surface area is 183 Å². The average molecular weight is 410 g/mol. The van der Waals surface area contributed by atoms with Crippen molar-refractivity contribution in [3.63, 3.8) is 0 Å². The van der Waals surface area contributed by atoms with Crippen molar-refractivity contribution in [1.29, 1.82) is 0 Å². The molecule has 0 radical (unpaired) electrons. The monoisotopic (exact) mass is 409 g/mol. The minimum atomic E-state index is -0.156. The summed E-state index contributed by atoms with van der Waals surface area (Å²) in [6, 6.07) is 9.77. The third kappa shape index (κ3) is 6.65. The molecule has 0 aliphatic heterocycles. The first-order valence-electron chi connectivity index (χ1n) is 12.5. The fraction of sp³-hybridized carbons (Fsp3) is 0.607. The molecule has 1 aromatic carbocycles. The highest BCUT2D eigenvalue weighted by atomic mass is 19.1. The number of hydrogen-bond acceptors (Lipinski definition) is 1. The van der Waals surface area contributed by atoms with Gasteiger partial charge in [0.05, 0.1) is 5.69 Å². The van der Waals surface area contributed by atoms with Gasteiger partial charge in [-0.3, -0.25) is 4.98 Å². The first kappa shape index (κ1) is 23.0. The van der Waals surface area contributed by atoms with Crippen molar-refractivity contribution in [1.82, 2.24) is 4.98 Å². The minimum Gasteiger partial charge on any atom is -0.256 e. The Balaban J connectivity index is 1.47. The maximum atomic E-state index is 14.5. The molecule has 1 fully saturated rings. The van der Waals surface area contributed by atoms with Crippen LogP contribution in [-0.2, 0) is 6.42 Å². The normalized spacial score (nSPS) is 19.2. The van der Waals surface area contributed by atoms with Crippen LogP contribution >= 0.6 is 0 Å². The lowest BCUT2D eigenvalue weighted by Gasteiger charge is -2.28. The molecular weight excluding hydrogens is 369 g/mol. The number of aromatic nitrogens is 1. The summed E-state index contributed by atoms with van der Waals surface area (Å²) in [6.07, 6.45) is 19.0. The van der Waals surface area contributed by atoms with E-state index >= 15 is 0 Å². The van der Waals surface area contributed by atoms with E-state index in [2.05, 4.69) is 24.9 Å². The number of benzene rings is 1. The molecule has 0 bridgehead atoms. The zero-order valence-electron chi connectivity index (χ0n) is 19.1. The molecule has 0 atom stereocenters. The Morgan fingerprint density at radius 1 is 0.867 bits per heavy atom. The molecule has 0 unspecified atom stereocenters. The Bertz CT molecular complexity index is 744. The number of pyridine rings is 1. The molecule has 0 N–H and O–H groups in total. The summed E-state index contributed by atoms with van der Waals surface area (Å²) >= 11 is 0. The molecule has 0 amide bonds. The predicted molar refractivity (Wildman–Crippen MR) is 126 cm³/mol. The van der Waals surface area contributed by atoms with E-state index in [1.165, 1.54) is 76.2 Å². The molecule has 1 aliphatic rings. The molecule has 1 aliphatic carbocycles. The summed E-state index contributed by atoms with van der Waals surface area (Å²) in [4.78, 5) is 4.62. The van der Waals surface area contributed by atoms with Crippen LogP contribution in [0.5, 0.6) is 0 Å². The van der Waals surface area contributed by atoms with Gasteiger partial charge >= 0.3 is 0 Å². The number of hydrogen-bond donors (Lipinski definition) is 0. The minimum absolute atomic E-state index is 0.156. The van der Waals surface area contributed by atoms with Crippen LogP contribution in [0.15, 0.2) is 36.5 Å². The van der Waals surface area contributed by atoms with E-state index < -0.39 is 0 Å². The Morgan fingerprint density at radius 3 is 2.30 bits per heavy atom. The molecule has 1 saturated carbocycles. The van der Waals surface area contributed by atoms with E-state index in [0.29, 0.717) is 11.5 Å². The highest BCUT2D eigenvalue weighted by molar-refractivity contribution is 5.60. The number of aryl methyl sites for hydroxylation is 1. The smallest absolute Gasteiger partial charge is 0.132 e. The standard InChI is InChI=1S/C28H40FN/c1-3-5-6-7-8-9-11-22-12-15-24(16-13-22)25-17-19-28(30-21-25)26-18-14-23(10-4-2)20-27(26)29/h14,17-22,24H,3-13,15-16H2,1-2H3. The van der Waals surface area contributed by atoms with Gasteiger partial charge in [0.15, 0.2) is 0 Å². The van der Waals surface area contributed by atoms with Crippen molar-refractivity contribution in [3.05, 3.63) is 53.5 Å². The van der Waals surface area contributed by atoms with Gasteiger partial charge < -0.3 is 0 Å². The summed E-state index contributed by atoms with van der Waals surface area (Å²) in [7, 11) is 0. The second-order valence-corrected chi connectivity index (χ2v) is 9.32. The maximum Gasteiger partial charge on any atom is 0.132 e. The average Bonchev–Trinajstić information content (AvgIpc) is 2.77. The summed E-state index contributed by atoms with van der Waals surface area (Å²) in [5.41, 5.74) is 3.76. The zero-order chi connectivity index (χ0) is 21.2. The van der Waals surface area contributed by atoms with Crippen LogP contribution in [0.1, 0.15) is 108 Å². The SMILES string of the molecule is CCCCCCCCC1CCC(c2ccc(-c3ccc(CCC)cc3F)nc2)CC1. The predicted octanol–water partition coefficient (Wildman–Crippen LogP) is 8.86. The maximum absolute atomic E-state index is 14.5. The molecular formula is C28H40FN. The fourth-order valence-electron chi connectivity index (χ4n) is 5.01. The van der Waals surface area contributed by atoms with Gasteiger partial charge in [0.2, 0.25) is 0 Å². The van der Waals surface area contributed by atoms with Crippen molar-refractivity contribution in [2.45, 2.75) is 103 Å². The number of halogens is 1. The molecule has 0 saturated heterocycles. The Kier molecular flexibility index (Phi) is 9.36. The molecule has 30 heavy (non-hydrogen) atoms. The summed E-state index contributed by atoms with van der Waals surface area (Å²) < 4.78 is 14.5. The van der Waals surface area contributed by atoms with Gasteiger partial charge in [0.1, 0.15) is 5.82 Å². The third-order valence-corrected chi connectivity index (χ3v) is 6.92. The molecule has 3 rings (SSSR count). The highest BCUT2D eigenvalue weighted by Crippen LogP contribution is 2.38. The van der Waals surface area contributed by atoms with Crippen molar-refractivity contribution in [3.8, 4) is 11.3 Å². The van der Waals surface area contributed by atoms with Crippen LogP contribution in [-0.4, -0.2) is 4.98 Å². The van der Waals surface area contributed by atoms with Gasteiger partial charge in [-0.2, -0.15) is 0 Å². The number of nitrogens with zero attached hydrogens (tertiary/aromatic N) is 1. The van der Waals surface area contributed by atoms with Crippen LogP contribution < -0.4 is 0 Å². The van der Waals surface area contributed by atoms with Gasteiger partial charge in [0.25, 0.3) is 0 Å². The third-order valence-electron chi connectivity index (χ3n) is 6.92. The van der Waals surface area contributed by atoms with E-state index in [4.69, 9.17) is 0 Å². The lowest BCUT2D eigenvalue weighted by atomic mass is 9.77. The molecule has 0 spiro atoms. The van der Waals surface area contributed by atoms with Crippen molar-refractivity contribution < 1.29 is 4.39 Å². The largest absolute Gasteiger partial charge is 0.256 e. The van der Waals surface area contributed by atoms with Crippen molar-refractivity contribution in [2.75, 3.05) is 0 Å². The van der Waals surface area contributed by atoms with E-state index in [-0.39, 0.29) is 5.82 Å². The van der Waals surface area contributed by atoms with E-state index in [1.807, 2.05) is 24.4 Å². The molecule has 1 heterocycles. The van der Waals surface area contributed by atoms with Crippen LogP contribution in [0.2, 0.25) is 0 Å². The van der Waals surface area contributed by atoms with E-state index in [1.54, 1.807) is 6.07 Å². The quantitative estimate of drug-likeness (QED) is 0.338. The van der Waals surface area contributed by atoms with Crippen LogP contribution in [0.3, 0.4) is 0 Å². The van der Waals surface area contributed by atoms with E-state index in [9.17, 15) is 4.39 Å². The molecule has 1 nitrogen and oxygen atoms in total. The van der Waals surface area contributed by atoms with Gasteiger partial charge in [-0.1, -0.05) is 77.3 Å². The first-order valence-corrected chi connectivity index (χ1v) is 12.5. The Morgan fingerprint density at radius 2 is 1.63 bits per heavy atom. The van der Waals surface area contributed by atoms with Crippen LogP contribution in [0.4, 0.5) is 4.39 Å². The summed E-state index contributed by atoms with van der Waals surface area (Å²) in [5.74, 6) is 1.40. The molecule has 2 aromatic rings. The van der Waals surface area contributed by atoms with Gasteiger partial charge in [0, 0.05) is 11.8 Å². The van der Waals surface area contributed by atoms with Gasteiger partial charge in [-0.05, 0) is 73.3 Å². The van der Waals surface area contributed by atoms with E-state index in [0.717, 1.165) is 30.0 Å². The number of unbranched alkanes of at least 4 members (excludes halogenated alkanes) is 5. The zero-order valence-corrected chi connectivity index (χ0v) is 19.1. The van der Waals surface area contributed by atoms with Gasteiger partial charge in [-0.15, -0.1) is 0 Å².